The smallest absolute Gasteiger partial charge is 0.0492 e. The van der Waals surface area contributed by atoms with E-state index in [1.54, 1.807) is 0 Å². The summed E-state index contributed by atoms with van der Waals surface area (Å²) in [6.07, 6.45) is 2.88. The van der Waals surface area contributed by atoms with Crippen LogP contribution in [-0.2, 0) is 13.5 Å². The van der Waals surface area contributed by atoms with E-state index in [0.29, 0.717) is 11.8 Å². The van der Waals surface area contributed by atoms with Gasteiger partial charge in [-0.15, -0.1) is 0 Å². The van der Waals surface area contributed by atoms with Gasteiger partial charge in [-0.3, -0.25) is 4.68 Å². The van der Waals surface area contributed by atoms with Gasteiger partial charge in [-0.2, -0.15) is 5.10 Å². The van der Waals surface area contributed by atoms with E-state index in [2.05, 4.69) is 60.7 Å². The molecule has 1 aromatic heterocycles. The molecule has 1 aromatic carbocycles. The maximum atomic E-state index is 4.20. The van der Waals surface area contributed by atoms with Crippen LogP contribution in [0.15, 0.2) is 42.6 Å². The van der Waals surface area contributed by atoms with E-state index in [4.69, 9.17) is 0 Å². The van der Waals surface area contributed by atoms with Crippen LogP contribution in [0.4, 0.5) is 0 Å². The Labute approximate surface area is 122 Å². The Hall–Kier alpha value is -1.61. The van der Waals surface area contributed by atoms with Crippen LogP contribution in [0.25, 0.3) is 0 Å². The van der Waals surface area contributed by atoms with Gasteiger partial charge >= 0.3 is 0 Å². The zero-order chi connectivity index (χ0) is 14.4. The molecular weight excluding hydrogens is 246 g/mol. The number of nitrogens with zero attached hydrogens (tertiary/aromatic N) is 2. The monoisotopic (exact) mass is 271 g/mol. The number of rotatable bonds is 7. The maximum absolute atomic E-state index is 4.20. The lowest BCUT2D eigenvalue weighted by atomic mass is 9.88. The molecule has 0 saturated heterocycles. The van der Waals surface area contributed by atoms with Gasteiger partial charge in [0.1, 0.15) is 0 Å². The molecule has 2 rings (SSSR count). The van der Waals surface area contributed by atoms with Crippen LogP contribution in [0.1, 0.15) is 31.0 Å². The average Bonchev–Trinajstić information content (AvgIpc) is 2.85. The minimum absolute atomic E-state index is 0.572. The lowest BCUT2D eigenvalue weighted by molar-refractivity contribution is 0.461. The van der Waals surface area contributed by atoms with Gasteiger partial charge in [0.25, 0.3) is 0 Å². The molecule has 0 aliphatic carbocycles. The second-order valence-electron chi connectivity index (χ2n) is 5.66. The summed E-state index contributed by atoms with van der Waals surface area (Å²) in [5.74, 6) is 1.21. The minimum atomic E-state index is 0.572. The van der Waals surface area contributed by atoms with E-state index in [9.17, 15) is 0 Å². The summed E-state index contributed by atoms with van der Waals surface area (Å²) >= 11 is 0. The molecule has 0 bridgehead atoms. The van der Waals surface area contributed by atoms with E-state index in [1.807, 2.05) is 17.9 Å². The van der Waals surface area contributed by atoms with Crippen molar-refractivity contribution in [2.45, 2.75) is 26.2 Å². The zero-order valence-corrected chi connectivity index (χ0v) is 12.7. The van der Waals surface area contributed by atoms with Crippen LogP contribution in [0.3, 0.4) is 0 Å². The van der Waals surface area contributed by atoms with Crippen LogP contribution < -0.4 is 5.32 Å². The zero-order valence-electron chi connectivity index (χ0n) is 12.7. The molecule has 2 aromatic rings. The largest absolute Gasteiger partial charge is 0.316 e. The summed E-state index contributed by atoms with van der Waals surface area (Å²) < 4.78 is 1.94. The minimum Gasteiger partial charge on any atom is -0.316 e. The van der Waals surface area contributed by atoms with Crippen LogP contribution in [0, 0.1) is 5.92 Å². The summed E-state index contributed by atoms with van der Waals surface area (Å²) in [6, 6.07) is 12.9. The number of hydrogen-bond acceptors (Lipinski definition) is 2. The molecule has 0 fully saturated rings. The highest BCUT2D eigenvalue weighted by Gasteiger charge is 2.14. The van der Waals surface area contributed by atoms with Gasteiger partial charge in [0.05, 0.1) is 0 Å². The van der Waals surface area contributed by atoms with Gasteiger partial charge < -0.3 is 5.32 Å². The second-order valence-corrected chi connectivity index (χ2v) is 5.66. The third kappa shape index (κ3) is 3.94. The van der Waals surface area contributed by atoms with E-state index in [-0.39, 0.29) is 0 Å². The Morgan fingerprint density at radius 3 is 2.50 bits per heavy atom. The predicted octanol–water partition coefficient (Wildman–Crippen LogP) is 2.99. The Morgan fingerprint density at radius 1 is 1.15 bits per heavy atom. The number of benzene rings is 1. The van der Waals surface area contributed by atoms with Gasteiger partial charge in [0.2, 0.25) is 0 Å². The van der Waals surface area contributed by atoms with Crippen molar-refractivity contribution in [3.05, 3.63) is 53.9 Å². The molecule has 3 heteroatoms. The molecule has 0 aliphatic rings. The van der Waals surface area contributed by atoms with E-state index in [1.165, 1.54) is 11.3 Å². The van der Waals surface area contributed by atoms with E-state index in [0.717, 1.165) is 19.5 Å². The van der Waals surface area contributed by atoms with Crippen LogP contribution in [0.2, 0.25) is 0 Å². The SMILES string of the molecule is CC(C)C(CNCCc1ccnn1C)c1ccccc1. The maximum Gasteiger partial charge on any atom is 0.0492 e. The molecule has 0 amide bonds. The molecule has 1 atom stereocenters. The Morgan fingerprint density at radius 2 is 1.90 bits per heavy atom. The number of aryl methyl sites for hydroxylation is 1. The topological polar surface area (TPSA) is 29.9 Å². The van der Waals surface area contributed by atoms with Gasteiger partial charge in [0.15, 0.2) is 0 Å². The summed E-state index contributed by atoms with van der Waals surface area (Å²) in [5, 5.41) is 7.78. The van der Waals surface area contributed by atoms with Crippen LogP contribution in [0.5, 0.6) is 0 Å². The second kappa shape index (κ2) is 7.25. The van der Waals surface area contributed by atoms with Crippen molar-refractivity contribution in [2.75, 3.05) is 13.1 Å². The molecule has 3 nitrogen and oxygen atoms in total. The molecule has 20 heavy (non-hydrogen) atoms. The van der Waals surface area contributed by atoms with E-state index >= 15 is 0 Å². The molecule has 0 aliphatic heterocycles. The molecule has 1 N–H and O–H groups in total. The van der Waals surface area contributed by atoms with Crippen molar-refractivity contribution in [1.82, 2.24) is 15.1 Å². The summed E-state index contributed by atoms with van der Waals surface area (Å²) in [7, 11) is 2.00. The van der Waals surface area contributed by atoms with Crippen molar-refractivity contribution in [1.29, 1.82) is 0 Å². The van der Waals surface area contributed by atoms with Crippen LogP contribution in [-0.4, -0.2) is 22.9 Å². The number of nitrogens with one attached hydrogen (secondary N) is 1. The number of hydrogen-bond donors (Lipinski definition) is 1. The Bertz CT molecular complexity index is 502. The highest BCUT2D eigenvalue weighted by Crippen LogP contribution is 2.23. The van der Waals surface area contributed by atoms with Crippen molar-refractivity contribution >= 4 is 0 Å². The lowest BCUT2D eigenvalue weighted by Crippen LogP contribution is -2.27. The van der Waals surface area contributed by atoms with Crippen LogP contribution >= 0.6 is 0 Å². The first kappa shape index (κ1) is 14.8. The molecule has 0 spiro atoms. The predicted molar refractivity (Wildman–Crippen MR) is 83.8 cm³/mol. The highest BCUT2D eigenvalue weighted by atomic mass is 15.3. The first-order chi connectivity index (χ1) is 9.68. The fourth-order valence-corrected chi connectivity index (χ4v) is 2.56. The van der Waals surface area contributed by atoms with E-state index < -0.39 is 0 Å². The molecule has 1 unspecified atom stereocenters. The molecule has 0 radical (unpaired) electrons. The fraction of sp³-hybridized carbons (Fsp3) is 0.471. The first-order valence-electron chi connectivity index (χ1n) is 7.41. The lowest BCUT2D eigenvalue weighted by Gasteiger charge is -2.22. The summed E-state index contributed by atoms with van der Waals surface area (Å²) in [5.41, 5.74) is 2.70. The highest BCUT2D eigenvalue weighted by molar-refractivity contribution is 5.20. The average molecular weight is 271 g/mol. The molecular formula is C17H25N3. The van der Waals surface area contributed by atoms with Gasteiger partial charge in [-0.25, -0.2) is 0 Å². The standard InChI is InChI=1S/C17H25N3/c1-14(2)17(15-7-5-4-6-8-15)13-18-11-9-16-10-12-19-20(16)3/h4-8,10,12,14,17-18H,9,11,13H2,1-3H3. The van der Waals surface area contributed by atoms with Crippen molar-refractivity contribution in [3.8, 4) is 0 Å². The fourth-order valence-electron chi connectivity index (χ4n) is 2.56. The third-order valence-corrected chi connectivity index (χ3v) is 3.88. The molecule has 1 heterocycles. The van der Waals surface area contributed by atoms with Gasteiger partial charge in [0, 0.05) is 38.4 Å². The normalized spacial score (nSPS) is 12.8. The third-order valence-electron chi connectivity index (χ3n) is 3.88. The van der Waals surface area contributed by atoms with Crippen molar-refractivity contribution < 1.29 is 0 Å². The first-order valence-corrected chi connectivity index (χ1v) is 7.41. The quantitative estimate of drug-likeness (QED) is 0.785. The molecule has 108 valence electrons. The summed E-state index contributed by atoms with van der Waals surface area (Å²) in [6.45, 7) is 6.61. The van der Waals surface area contributed by atoms with Crippen molar-refractivity contribution in [2.24, 2.45) is 13.0 Å². The molecule has 0 saturated carbocycles. The van der Waals surface area contributed by atoms with Gasteiger partial charge in [-0.05, 0) is 23.5 Å². The Kier molecular flexibility index (Phi) is 5.36. The summed E-state index contributed by atoms with van der Waals surface area (Å²) in [4.78, 5) is 0. The number of aromatic nitrogens is 2. The Balaban J connectivity index is 1.83. The van der Waals surface area contributed by atoms with Gasteiger partial charge in [-0.1, -0.05) is 44.2 Å². The van der Waals surface area contributed by atoms with Crippen molar-refractivity contribution in [3.63, 3.8) is 0 Å².